The van der Waals surface area contributed by atoms with Crippen LogP contribution < -0.4 is 5.69 Å². The van der Waals surface area contributed by atoms with E-state index in [2.05, 4.69) is 4.98 Å². The highest BCUT2D eigenvalue weighted by molar-refractivity contribution is 7.71. The number of H-pyrrole nitrogens is 1. The molecular weight excluding hydrogens is 220 g/mol. The maximum absolute atomic E-state index is 11.7. The normalized spacial score (nSPS) is 10.3. The Labute approximate surface area is 98.4 Å². The van der Waals surface area contributed by atoms with Gasteiger partial charge in [-0.05, 0) is 18.6 Å². The summed E-state index contributed by atoms with van der Waals surface area (Å²) in [4.78, 5) is 14.3. The minimum Gasteiger partial charge on any atom is -0.298 e. The molecule has 4 heteroatoms. The van der Waals surface area contributed by atoms with Gasteiger partial charge in [0.1, 0.15) is 4.64 Å². The molecule has 0 radical (unpaired) electrons. The molecule has 1 aromatic carbocycles. The third kappa shape index (κ3) is 1.97. The fourth-order valence-corrected chi connectivity index (χ4v) is 1.88. The first-order chi connectivity index (χ1) is 7.72. The van der Waals surface area contributed by atoms with Gasteiger partial charge >= 0.3 is 5.69 Å². The van der Waals surface area contributed by atoms with Crippen LogP contribution in [0.5, 0.6) is 0 Å². The van der Waals surface area contributed by atoms with Gasteiger partial charge in [0.2, 0.25) is 0 Å². The molecule has 0 unspecified atom stereocenters. The summed E-state index contributed by atoms with van der Waals surface area (Å²) >= 11 is 5.03. The number of nitrogens with zero attached hydrogens (tertiary/aromatic N) is 1. The van der Waals surface area contributed by atoms with Crippen LogP contribution in [0.25, 0.3) is 11.3 Å². The molecule has 2 rings (SSSR count). The first kappa shape index (κ1) is 10.8. The van der Waals surface area contributed by atoms with Crippen molar-refractivity contribution in [2.24, 2.45) is 0 Å². The van der Waals surface area contributed by atoms with Crippen molar-refractivity contribution in [3.05, 3.63) is 51.5 Å². The van der Waals surface area contributed by atoms with Crippen LogP contribution in [0.15, 0.2) is 41.2 Å². The van der Waals surface area contributed by atoms with Gasteiger partial charge in [-0.2, -0.15) is 0 Å². The third-order valence-corrected chi connectivity index (χ3v) is 2.64. The van der Waals surface area contributed by atoms with Crippen LogP contribution in [0, 0.1) is 4.64 Å². The van der Waals surface area contributed by atoms with Gasteiger partial charge in [-0.15, -0.1) is 0 Å². The standard InChI is InChI=1S/C12H12N2OS/c1-2-14-10(8-11(16)13-12(14)15)9-6-4-3-5-7-9/h3-8H,2H2,1H3,(H,13,15,16). The van der Waals surface area contributed by atoms with Crippen molar-refractivity contribution in [3.63, 3.8) is 0 Å². The largest absolute Gasteiger partial charge is 0.326 e. The molecule has 0 atom stereocenters. The molecule has 1 N–H and O–H groups in total. The number of aromatic nitrogens is 2. The molecule has 0 aliphatic carbocycles. The van der Waals surface area contributed by atoms with Gasteiger partial charge in [0.05, 0.1) is 5.69 Å². The molecule has 16 heavy (non-hydrogen) atoms. The summed E-state index contributed by atoms with van der Waals surface area (Å²) in [5, 5.41) is 0. The molecular formula is C12H12N2OS. The Morgan fingerprint density at radius 2 is 2.00 bits per heavy atom. The number of aromatic amines is 1. The molecule has 0 aliphatic heterocycles. The quantitative estimate of drug-likeness (QED) is 0.808. The zero-order valence-electron chi connectivity index (χ0n) is 8.93. The molecule has 0 bridgehead atoms. The van der Waals surface area contributed by atoms with Gasteiger partial charge in [0, 0.05) is 6.54 Å². The highest BCUT2D eigenvalue weighted by atomic mass is 32.1. The predicted octanol–water partition coefficient (Wildman–Crippen LogP) is 2.59. The maximum Gasteiger partial charge on any atom is 0.326 e. The van der Waals surface area contributed by atoms with E-state index >= 15 is 0 Å². The van der Waals surface area contributed by atoms with Gasteiger partial charge in [0.15, 0.2) is 0 Å². The Balaban J connectivity index is 2.74. The maximum atomic E-state index is 11.7. The van der Waals surface area contributed by atoms with Crippen LogP contribution in [-0.4, -0.2) is 9.55 Å². The summed E-state index contributed by atoms with van der Waals surface area (Å²) in [7, 11) is 0. The van der Waals surface area contributed by atoms with Crippen molar-refractivity contribution in [2.45, 2.75) is 13.5 Å². The van der Waals surface area contributed by atoms with Crippen molar-refractivity contribution in [2.75, 3.05) is 0 Å². The predicted molar refractivity (Wildman–Crippen MR) is 67.0 cm³/mol. The van der Waals surface area contributed by atoms with Gasteiger partial charge in [-0.3, -0.25) is 9.55 Å². The average molecular weight is 232 g/mol. The van der Waals surface area contributed by atoms with Crippen molar-refractivity contribution in [1.82, 2.24) is 9.55 Å². The molecule has 0 amide bonds. The Morgan fingerprint density at radius 1 is 1.31 bits per heavy atom. The molecule has 0 aliphatic rings. The molecule has 82 valence electrons. The Morgan fingerprint density at radius 3 is 2.62 bits per heavy atom. The second-order valence-corrected chi connectivity index (χ2v) is 3.87. The summed E-state index contributed by atoms with van der Waals surface area (Å²) in [6, 6.07) is 11.6. The molecule has 0 saturated heterocycles. The lowest BCUT2D eigenvalue weighted by Gasteiger charge is -2.09. The molecule has 2 aromatic rings. The summed E-state index contributed by atoms with van der Waals surface area (Å²) < 4.78 is 2.14. The number of rotatable bonds is 2. The lowest BCUT2D eigenvalue weighted by Crippen LogP contribution is -2.23. The van der Waals surface area contributed by atoms with E-state index in [1.807, 2.05) is 43.3 Å². The summed E-state index contributed by atoms with van der Waals surface area (Å²) in [5.74, 6) is 0. The minimum absolute atomic E-state index is 0.158. The van der Waals surface area contributed by atoms with Crippen molar-refractivity contribution in [1.29, 1.82) is 0 Å². The first-order valence-corrected chi connectivity index (χ1v) is 5.53. The van der Waals surface area contributed by atoms with Crippen LogP contribution in [0.2, 0.25) is 0 Å². The minimum atomic E-state index is -0.158. The van der Waals surface area contributed by atoms with E-state index in [0.29, 0.717) is 11.2 Å². The van der Waals surface area contributed by atoms with Crippen molar-refractivity contribution < 1.29 is 0 Å². The smallest absolute Gasteiger partial charge is 0.298 e. The topological polar surface area (TPSA) is 37.8 Å². The van der Waals surface area contributed by atoms with Crippen LogP contribution in [0.3, 0.4) is 0 Å². The van der Waals surface area contributed by atoms with Crippen molar-refractivity contribution in [3.8, 4) is 11.3 Å². The average Bonchev–Trinajstić information content (AvgIpc) is 2.29. The number of benzene rings is 1. The van der Waals surface area contributed by atoms with E-state index in [-0.39, 0.29) is 5.69 Å². The van der Waals surface area contributed by atoms with Crippen LogP contribution in [-0.2, 0) is 6.54 Å². The summed E-state index contributed by atoms with van der Waals surface area (Å²) in [5.41, 5.74) is 1.70. The highest BCUT2D eigenvalue weighted by Crippen LogP contribution is 2.16. The van der Waals surface area contributed by atoms with E-state index < -0.39 is 0 Å². The van der Waals surface area contributed by atoms with Gasteiger partial charge in [-0.1, -0.05) is 42.5 Å². The molecule has 1 heterocycles. The van der Waals surface area contributed by atoms with E-state index in [9.17, 15) is 4.79 Å². The molecule has 0 spiro atoms. The van der Waals surface area contributed by atoms with Crippen LogP contribution >= 0.6 is 12.2 Å². The van der Waals surface area contributed by atoms with Gasteiger partial charge in [0.25, 0.3) is 0 Å². The number of hydrogen-bond donors (Lipinski definition) is 1. The number of hydrogen-bond acceptors (Lipinski definition) is 2. The fourth-order valence-electron chi connectivity index (χ4n) is 1.68. The molecule has 1 aromatic heterocycles. The van der Waals surface area contributed by atoms with E-state index in [4.69, 9.17) is 12.2 Å². The van der Waals surface area contributed by atoms with Crippen molar-refractivity contribution >= 4 is 12.2 Å². The zero-order chi connectivity index (χ0) is 11.5. The van der Waals surface area contributed by atoms with E-state index in [1.165, 1.54) is 0 Å². The second kappa shape index (κ2) is 4.45. The molecule has 0 saturated carbocycles. The Hall–Kier alpha value is -1.68. The number of nitrogens with one attached hydrogen (secondary N) is 1. The van der Waals surface area contributed by atoms with E-state index in [1.54, 1.807) is 4.57 Å². The fraction of sp³-hybridized carbons (Fsp3) is 0.167. The highest BCUT2D eigenvalue weighted by Gasteiger charge is 2.04. The zero-order valence-corrected chi connectivity index (χ0v) is 9.75. The lowest BCUT2D eigenvalue weighted by atomic mass is 10.1. The van der Waals surface area contributed by atoms with Gasteiger partial charge < -0.3 is 0 Å². The first-order valence-electron chi connectivity index (χ1n) is 5.12. The monoisotopic (exact) mass is 232 g/mol. The summed E-state index contributed by atoms with van der Waals surface area (Å²) in [6.07, 6.45) is 0. The van der Waals surface area contributed by atoms with Gasteiger partial charge in [-0.25, -0.2) is 4.79 Å². The Bertz CT molecular complexity index is 598. The lowest BCUT2D eigenvalue weighted by molar-refractivity contribution is 0.705. The van der Waals surface area contributed by atoms with Crippen LogP contribution in [0.4, 0.5) is 0 Å². The molecule has 0 fully saturated rings. The molecule has 3 nitrogen and oxygen atoms in total. The summed E-state index contributed by atoms with van der Waals surface area (Å²) in [6.45, 7) is 2.56. The third-order valence-electron chi connectivity index (χ3n) is 2.42. The Kier molecular flexibility index (Phi) is 3.01. The second-order valence-electron chi connectivity index (χ2n) is 3.43. The SMILES string of the molecule is CCn1c(-c2ccccc2)cc(=S)[nH]c1=O. The van der Waals surface area contributed by atoms with Crippen LogP contribution in [0.1, 0.15) is 6.92 Å². The van der Waals surface area contributed by atoms with E-state index in [0.717, 1.165) is 11.3 Å².